The quantitative estimate of drug-likeness (QED) is 0.0167. The minimum absolute atomic E-state index is 0.103. The molecule has 1 saturated heterocycles. The van der Waals surface area contributed by atoms with Gasteiger partial charge >= 0.3 is 12.1 Å². The molecule has 7 rings (SSSR count). The first kappa shape index (κ1) is 62.7. The first-order valence-corrected chi connectivity index (χ1v) is 28.2. The van der Waals surface area contributed by atoms with E-state index in [1.165, 1.54) is 36.8 Å². The number of urea groups is 1. The molecule has 4 aromatic carbocycles. The minimum atomic E-state index is -0.965. The number of nitrogens with two attached hydrogens (primary N) is 2. The Kier molecular flexibility index (Phi) is 25.1. The number of rotatable bonds is 22. The van der Waals surface area contributed by atoms with Gasteiger partial charge in [-0.25, -0.2) is 9.59 Å². The first-order valence-electron chi connectivity index (χ1n) is 26.6. The molecule has 10 N–H and O–H groups in total. The molecule has 0 aromatic heterocycles. The van der Waals surface area contributed by atoms with Gasteiger partial charge < -0.3 is 62.8 Å². The molecule has 80 heavy (non-hydrogen) atoms. The standard InChI is InChI=1S/C53H62N12O10.C3H8.CH3Br/c1-62-27-29-63(30-28-62)53(74)75-44-32-43-39(38-7-2-3-8-40(38)44)21-26-64(43)47(68)18-13-35-31-37(16-17-41(35)54)60-50(71)34-11-14-36(15-12-34)59-51(72)42(9-4-5-22-58-52(55)73)61-46(67)33-56-23-24-57-45(66)10-6-25-65-48(69)19-20-49(65)70;1-3-2;1-2/h2-3,7-8,11-20,31-32,42,56H,4-6,9-10,21-30,33,54H2,1H3,(H,57,66)(H,59,72)(H,60,71)(H,61,67)(H3,55,58,73);3H2,1-2H3;1H3/b18-13+;;/t42-;;/m0../s1. The van der Waals surface area contributed by atoms with Crippen molar-refractivity contribution < 1.29 is 47.9 Å². The number of unbranched alkanes of at least 4 members (excludes halogenated alkanes) is 1. The third kappa shape index (κ3) is 18.8. The van der Waals surface area contributed by atoms with Gasteiger partial charge in [-0.3, -0.25) is 38.5 Å². The Balaban J connectivity index is 0.00000227. The molecule has 0 saturated carbocycles. The Morgan fingerprint density at radius 2 is 1.44 bits per heavy atom. The summed E-state index contributed by atoms with van der Waals surface area (Å²) < 4.78 is 5.98. The Morgan fingerprint density at radius 3 is 2.12 bits per heavy atom. The van der Waals surface area contributed by atoms with Gasteiger partial charge in [0, 0.05) is 118 Å². The second-order valence-electron chi connectivity index (χ2n) is 18.9. The van der Waals surface area contributed by atoms with E-state index in [2.05, 4.69) is 66.6 Å². The minimum Gasteiger partial charge on any atom is -0.409 e. The van der Waals surface area contributed by atoms with Crippen LogP contribution in [-0.4, -0.2) is 153 Å². The summed E-state index contributed by atoms with van der Waals surface area (Å²) in [5.41, 5.74) is 15.0. The van der Waals surface area contributed by atoms with E-state index < -0.39 is 47.7 Å². The average molecular weight is 1170 g/mol. The van der Waals surface area contributed by atoms with E-state index in [0.29, 0.717) is 79.4 Å². The number of imide groups is 1. The van der Waals surface area contributed by atoms with Crippen molar-refractivity contribution in [1.29, 1.82) is 0 Å². The maximum atomic E-state index is 13.8. The lowest BCUT2D eigenvalue weighted by atomic mass is 10.0. The van der Waals surface area contributed by atoms with Gasteiger partial charge in [0.15, 0.2) is 0 Å². The van der Waals surface area contributed by atoms with Gasteiger partial charge in [0.2, 0.25) is 17.7 Å². The van der Waals surface area contributed by atoms with E-state index in [4.69, 9.17) is 16.2 Å². The Labute approximate surface area is 474 Å². The van der Waals surface area contributed by atoms with Crippen molar-refractivity contribution in [3.8, 4) is 5.75 Å². The van der Waals surface area contributed by atoms with Crippen LogP contribution in [0.4, 0.5) is 32.3 Å². The number of nitrogens with zero attached hydrogens (tertiary/aromatic N) is 4. The maximum absolute atomic E-state index is 13.8. The van der Waals surface area contributed by atoms with Crippen LogP contribution in [0.5, 0.6) is 5.75 Å². The van der Waals surface area contributed by atoms with E-state index in [1.54, 1.807) is 52.3 Å². The van der Waals surface area contributed by atoms with Gasteiger partial charge in [-0.05, 0) is 110 Å². The molecule has 428 valence electrons. The van der Waals surface area contributed by atoms with E-state index in [0.717, 1.165) is 34.3 Å². The Bertz CT molecular complexity index is 2890. The van der Waals surface area contributed by atoms with Crippen molar-refractivity contribution in [1.82, 2.24) is 36.0 Å². The number of amides is 10. The zero-order chi connectivity index (χ0) is 58.1. The smallest absolute Gasteiger partial charge is 0.409 e. The summed E-state index contributed by atoms with van der Waals surface area (Å²) in [5, 5.41) is 18.2. The predicted molar refractivity (Wildman–Crippen MR) is 313 cm³/mol. The van der Waals surface area contributed by atoms with Crippen molar-refractivity contribution in [2.75, 3.05) is 99.6 Å². The highest BCUT2D eigenvalue weighted by atomic mass is 79.9. The van der Waals surface area contributed by atoms with Gasteiger partial charge in [0.25, 0.3) is 23.6 Å². The van der Waals surface area contributed by atoms with Crippen LogP contribution in [0.2, 0.25) is 0 Å². The highest BCUT2D eigenvalue weighted by Gasteiger charge is 2.29. The largest absolute Gasteiger partial charge is 0.415 e. The van der Waals surface area contributed by atoms with Crippen LogP contribution in [0.1, 0.15) is 73.9 Å². The summed E-state index contributed by atoms with van der Waals surface area (Å²) in [6, 6.07) is 18.8. The highest BCUT2D eigenvalue weighted by molar-refractivity contribution is 9.08. The molecule has 3 aliphatic rings. The number of ether oxygens (including phenoxy) is 1. The number of fused-ring (bicyclic) bond motifs is 3. The van der Waals surface area contributed by atoms with Gasteiger partial charge in [0.05, 0.1) is 12.2 Å². The predicted octanol–water partition coefficient (Wildman–Crippen LogP) is 5.12. The van der Waals surface area contributed by atoms with E-state index in [1.807, 2.05) is 37.1 Å². The number of nitrogens with one attached hydrogen (secondary N) is 6. The number of halogens is 1. The molecular formula is C57H73BrN12O10. The van der Waals surface area contributed by atoms with E-state index in [-0.39, 0.29) is 62.9 Å². The lowest BCUT2D eigenvalue weighted by molar-refractivity contribution is -0.137. The zero-order valence-corrected chi connectivity index (χ0v) is 47.3. The zero-order valence-electron chi connectivity index (χ0n) is 45.7. The number of alkyl halides is 1. The number of nitrogen functional groups attached to an aromatic ring is 1. The molecule has 0 bridgehead atoms. The molecule has 1 fully saturated rings. The number of likely N-dealkylation sites (N-methyl/N-ethyl adjacent to an activating group) is 1. The SMILES string of the molecule is CBr.CCC.CN1CCN(C(=O)Oc2cc3c(c4ccccc24)CCN3C(=O)/C=C/c2cc(NC(=O)c3ccc(NC(=O)[C@H](CCCCNC(N)=O)NC(=O)CNCCNC(=O)CCCN4C(=O)C=CC4=O)cc3)ccc2N)CC1. The molecule has 3 heterocycles. The number of benzene rings is 4. The molecule has 22 nitrogen and oxygen atoms in total. The molecule has 0 unspecified atom stereocenters. The lowest BCUT2D eigenvalue weighted by Crippen LogP contribution is -2.48. The molecule has 3 aliphatic heterocycles. The molecule has 10 amide bonds. The topological polar surface area (TPSA) is 300 Å². The van der Waals surface area contributed by atoms with Crippen LogP contribution in [0, 0.1) is 0 Å². The number of carbonyl (C=O) groups excluding carboxylic acids is 9. The van der Waals surface area contributed by atoms with Crippen LogP contribution >= 0.6 is 15.9 Å². The fraction of sp³-hybridized carbons (Fsp3) is 0.386. The van der Waals surface area contributed by atoms with E-state index in [9.17, 15) is 43.2 Å². The normalized spacial score (nSPS) is 14.1. The molecule has 0 spiro atoms. The molecular weight excluding hydrogens is 1090 g/mol. The molecule has 0 aliphatic carbocycles. The number of carbonyl (C=O) groups is 9. The fourth-order valence-electron chi connectivity index (χ4n) is 8.71. The third-order valence-corrected chi connectivity index (χ3v) is 12.8. The second-order valence-corrected chi connectivity index (χ2v) is 18.9. The van der Waals surface area contributed by atoms with Crippen molar-refractivity contribution >= 4 is 109 Å². The maximum Gasteiger partial charge on any atom is 0.415 e. The summed E-state index contributed by atoms with van der Waals surface area (Å²) in [7, 11) is 2.01. The summed E-state index contributed by atoms with van der Waals surface area (Å²) in [6.45, 7) is 7.97. The summed E-state index contributed by atoms with van der Waals surface area (Å²) >= 11 is 2.94. The van der Waals surface area contributed by atoms with Gasteiger partial charge in [-0.1, -0.05) is 60.5 Å². The van der Waals surface area contributed by atoms with Gasteiger partial charge in [-0.2, -0.15) is 0 Å². The third-order valence-electron chi connectivity index (χ3n) is 12.8. The van der Waals surface area contributed by atoms with Gasteiger partial charge in [0.1, 0.15) is 11.8 Å². The highest BCUT2D eigenvalue weighted by Crippen LogP contribution is 2.40. The van der Waals surface area contributed by atoms with Crippen LogP contribution in [0.15, 0.2) is 91.0 Å². The molecule has 1 atom stereocenters. The molecule has 4 aromatic rings. The number of hydrogen-bond donors (Lipinski definition) is 8. The van der Waals surface area contributed by atoms with Crippen LogP contribution in [-0.2, 0) is 35.2 Å². The Hall–Kier alpha value is -8.15. The van der Waals surface area contributed by atoms with Crippen molar-refractivity contribution in [3.63, 3.8) is 0 Å². The van der Waals surface area contributed by atoms with E-state index >= 15 is 0 Å². The number of primary amides is 1. The van der Waals surface area contributed by atoms with Crippen molar-refractivity contribution in [2.45, 2.75) is 64.8 Å². The van der Waals surface area contributed by atoms with Crippen molar-refractivity contribution in [2.24, 2.45) is 5.73 Å². The summed E-state index contributed by atoms with van der Waals surface area (Å²) in [6.07, 6.45) is 8.37. The number of piperazine rings is 1. The second kappa shape index (κ2) is 32.1. The summed E-state index contributed by atoms with van der Waals surface area (Å²) in [4.78, 5) is 120. The fourth-order valence-corrected chi connectivity index (χ4v) is 8.71. The van der Waals surface area contributed by atoms with Crippen LogP contribution in [0.3, 0.4) is 0 Å². The van der Waals surface area contributed by atoms with Crippen LogP contribution < -0.4 is 53.0 Å². The molecule has 23 heteroatoms. The van der Waals surface area contributed by atoms with Crippen LogP contribution in [0.25, 0.3) is 16.8 Å². The number of anilines is 4. The molecule has 0 radical (unpaired) electrons. The van der Waals surface area contributed by atoms with Crippen molar-refractivity contribution in [3.05, 3.63) is 108 Å². The number of hydrogen-bond acceptors (Lipinski definition) is 13. The Morgan fingerprint density at radius 1 is 0.762 bits per heavy atom. The monoisotopic (exact) mass is 1160 g/mol. The first-order chi connectivity index (χ1) is 38.5. The summed E-state index contributed by atoms with van der Waals surface area (Å²) in [5.74, 6) is -0.660. The average Bonchev–Trinajstić information content (AvgIpc) is 4.08. The van der Waals surface area contributed by atoms with Gasteiger partial charge in [-0.15, -0.1) is 0 Å². The lowest BCUT2D eigenvalue weighted by Gasteiger charge is -2.31.